The standard InChI is InChI=1S/C29H32N6O4/c1-4-38-25-16-21(13-14-24(25)39-17-26(36)32-3)22(15-19-9-11-20(12-10-19)27(30)31)28-33-29(37)35(34-28)23-8-6-5-7-18(23)2/h5-14,16,22H,4,15,17H2,1-3H3,(H3,30,31)(H,32,36)(H,33,34,37). The average molecular weight is 529 g/mol. The third kappa shape index (κ3) is 6.35. The van der Waals surface area contributed by atoms with Crippen LogP contribution in [0.2, 0.25) is 0 Å². The number of ether oxygens (including phenoxy) is 2. The van der Waals surface area contributed by atoms with Crippen LogP contribution in [0.15, 0.2) is 71.5 Å². The molecule has 0 bridgehead atoms. The largest absolute Gasteiger partial charge is 0.490 e. The lowest BCUT2D eigenvalue weighted by Crippen LogP contribution is -2.25. The molecule has 0 saturated heterocycles. The van der Waals surface area contributed by atoms with Gasteiger partial charge in [-0.3, -0.25) is 15.2 Å². The van der Waals surface area contributed by atoms with E-state index in [4.69, 9.17) is 25.7 Å². The number of nitrogens with two attached hydrogens (primary N) is 1. The Kier molecular flexibility index (Phi) is 8.45. The Bertz CT molecular complexity index is 1520. The Morgan fingerprint density at radius 1 is 1.10 bits per heavy atom. The number of carbonyl (C=O) groups excluding carboxylic acids is 1. The van der Waals surface area contributed by atoms with Crippen molar-refractivity contribution in [2.45, 2.75) is 26.2 Å². The van der Waals surface area contributed by atoms with E-state index in [0.29, 0.717) is 41.6 Å². The van der Waals surface area contributed by atoms with Crippen LogP contribution < -0.4 is 26.2 Å². The molecule has 10 heteroatoms. The molecule has 39 heavy (non-hydrogen) atoms. The van der Waals surface area contributed by atoms with E-state index in [-0.39, 0.29) is 30.0 Å². The molecule has 202 valence electrons. The van der Waals surface area contributed by atoms with Gasteiger partial charge in [-0.1, -0.05) is 48.5 Å². The van der Waals surface area contributed by atoms with Gasteiger partial charge in [0.15, 0.2) is 18.1 Å². The normalized spacial score (nSPS) is 11.6. The van der Waals surface area contributed by atoms with Crippen LogP contribution in [0.25, 0.3) is 5.69 Å². The summed E-state index contributed by atoms with van der Waals surface area (Å²) in [6.07, 6.45) is 0.503. The summed E-state index contributed by atoms with van der Waals surface area (Å²) >= 11 is 0. The molecule has 1 atom stereocenters. The summed E-state index contributed by atoms with van der Waals surface area (Å²) in [5, 5.41) is 14.9. The average Bonchev–Trinajstić information content (AvgIpc) is 3.32. The SMILES string of the molecule is CCOc1cc(C(Cc2ccc(C(=N)N)cc2)c2nn(-c3ccccc3C)c(=O)[nH]2)ccc1OCC(=O)NC. The number of likely N-dealkylation sites (N-methyl/N-ethyl adjacent to an activating group) is 1. The van der Waals surface area contributed by atoms with Crippen molar-refractivity contribution in [3.05, 3.63) is 105 Å². The second-order valence-corrected chi connectivity index (χ2v) is 8.98. The first-order valence-corrected chi connectivity index (χ1v) is 12.6. The highest BCUT2D eigenvalue weighted by atomic mass is 16.5. The molecule has 4 aromatic rings. The predicted molar refractivity (Wildman–Crippen MR) is 149 cm³/mol. The number of nitrogen functional groups attached to an aromatic ring is 1. The van der Waals surface area contributed by atoms with Crippen molar-refractivity contribution in [1.29, 1.82) is 5.41 Å². The smallest absolute Gasteiger partial charge is 0.348 e. The number of amidine groups is 1. The van der Waals surface area contributed by atoms with Crippen LogP contribution in [-0.2, 0) is 11.2 Å². The molecule has 0 saturated carbocycles. The topological polar surface area (TPSA) is 148 Å². The Balaban J connectivity index is 1.77. The first-order chi connectivity index (χ1) is 18.8. The zero-order chi connectivity index (χ0) is 27.9. The minimum absolute atomic E-state index is 0.00639. The fourth-order valence-corrected chi connectivity index (χ4v) is 4.23. The van der Waals surface area contributed by atoms with Gasteiger partial charge in [-0.15, -0.1) is 5.10 Å². The van der Waals surface area contributed by atoms with Crippen LogP contribution >= 0.6 is 0 Å². The highest BCUT2D eigenvalue weighted by Crippen LogP contribution is 2.34. The lowest BCUT2D eigenvalue weighted by molar-refractivity contribution is -0.122. The maximum absolute atomic E-state index is 13.0. The number of nitrogens with one attached hydrogen (secondary N) is 3. The van der Waals surface area contributed by atoms with Crippen LogP contribution in [0.1, 0.15) is 40.9 Å². The number of H-pyrrole nitrogens is 1. The number of hydrogen-bond donors (Lipinski definition) is 4. The van der Waals surface area contributed by atoms with Crippen molar-refractivity contribution in [2.24, 2.45) is 5.73 Å². The van der Waals surface area contributed by atoms with Gasteiger partial charge >= 0.3 is 5.69 Å². The van der Waals surface area contributed by atoms with Crippen molar-refractivity contribution in [3.8, 4) is 17.2 Å². The van der Waals surface area contributed by atoms with Crippen LogP contribution in [0.5, 0.6) is 11.5 Å². The van der Waals surface area contributed by atoms with E-state index in [1.54, 1.807) is 25.2 Å². The van der Waals surface area contributed by atoms with Crippen molar-refractivity contribution < 1.29 is 14.3 Å². The molecule has 10 nitrogen and oxygen atoms in total. The zero-order valence-electron chi connectivity index (χ0n) is 22.2. The fourth-order valence-electron chi connectivity index (χ4n) is 4.23. The summed E-state index contributed by atoms with van der Waals surface area (Å²) < 4.78 is 12.9. The van der Waals surface area contributed by atoms with Gasteiger partial charge in [-0.2, -0.15) is 4.68 Å². The third-order valence-corrected chi connectivity index (χ3v) is 6.32. The van der Waals surface area contributed by atoms with E-state index in [9.17, 15) is 9.59 Å². The lowest BCUT2D eigenvalue weighted by Gasteiger charge is -2.18. The van der Waals surface area contributed by atoms with Gasteiger partial charge in [0.25, 0.3) is 5.91 Å². The van der Waals surface area contributed by atoms with E-state index in [2.05, 4.69) is 10.3 Å². The molecule has 0 fully saturated rings. The van der Waals surface area contributed by atoms with E-state index >= 15 is 0 Å². The summed E-state index contributed by atoms with van der Waals surface area (Å²) in [6.45, 7) is 4.05. The number of benzene rings is 3. The quantitative estimate of drug-likeness (QED) is 0.174. The van der Waals surface area contributed by atoms with Gasteiger partial charge in [0.1, 0.15) is 11.7 Å². The van der Waals surface area contributed by atoms with Gasteiger partial charge in [-0.25, -0.2) is 4.79 Å². The van der Waals surface area contributed by atoms with E-state index in [0.717, 1.165) is 16.7 Å². The van der Waals surface area contributed by atoms with Crippen molar-refractivity contribution in [1.82, 2.24) is 20.1 Å². The van der Waals surface area contributed by atoms with Gasteiger partial charge < -0.3 is 20.5 Å². The second kappa shape index (κ2) is 12.1. The number of para-hydroxylation sites is 1. The van der Waals surface area contributed by atoms with Crippen LogP contribution in [0.4, 0.5) is 0 Å². The molecule has 0 aliphatic heterocycles. The molecule has 0 aliphatic carbocycles. The highest BCUT2D eigenvalue weighted by molar-refractivity contribution is 5.94. The monoisotopic (exact) mass is 528 g/mol. The Morgan fingerprint density at radius 2 is 1.85 bits per heavy atom. The third-order valence-electron chi connectivity index (χ3n) is 6.32. The van der Waals surface area contributed by atoms with Gasteiger partial charge in [0.05, 0.1) is 12.3 Å². The molecule has 1 amide bonds. The first-order valence-electron chi connectivity index (χ1n) is 12.6. The maximum Gasteiger partial charge on any atom is 0.348 e. The molecule has 1 heterocycles. The summed E-state index contributed by atoms with van der Waals surface area (Å²) in [4.78, 5) is 27.7. The van der Waals surface area contributed by atoms with Gasteiger partial charge in [-0.05, 0) is 55.2 Å². The molecule has 3 aromatic carbocycles. The molecular weight excluding hydrogens is 496 g/mol. The van der Waals surface area contributed by atoms with E-state index in [1.807, 2.05) is 62.4 Å². The van der Waals surface area contributed by atoms with E-state index < -0.39 is 0 Å². The number of hydrogen-bond acceptors (Lipinski definition) is 6. The number of aryl methyl sites for hydroxylation is 1. The minimum atomic E-state index is -0.349. The molecule has 0 aliphatic rings. The maximum atomic E-state index is 13.0. The molecule has 1 unspecified atom stereocenters. The number of rotatable bonds is 11. The highest BCUT2D eigenvalue weighted by Gasteiger charge is 2.23. The van der Waals surface area contributed by atoms with Crippen LogP contribution in [0, 0.1) is 12.3 Å². The van der Waals surface area contributed by atoms with Gasteiger partial charge in [0, 0.05) is 18.5 Å². The van der Waals surface area contributed by atoms with Crippen LogP contribution in [0.3, 0.4) is 0 Å². The van der Waals surface area contributed by atoms with Crippen LogP contribution in [-0.4, -0.2) is 46.8 Å². The number of nitrogens with zero attached hydrogens (tertiary/aromatic N) is 2. The Morgan fingerprint density at radius 3 is 2.51 bits per heavy atom. The number of amides is 1. The van der Waals surface area contributed by atoms with Crippen molar-refractivity contribution >= 4 is 11.7 Å². The molecule has 4 rings (SSSR count). The minimum Gasteiger partial charge on any atom is -0.490 e. The van der Waals surface area contributed by atoms with Crippen molar-refractivity contribution in [2.75, 3.05) is 20.3 Å². The predicted octanol–water partition coefficient (Wildman–Crippen LogP) is 3.05. The van der Waals surface area contributed by atoms with E-state index in [1.165, 1.54) is 4.68 Å². The molecule has 1 aromatic heterocycles. The molecule has 0 radical (unpaired) electrons. The molecule has 5 N–H and O–H groups in total. The second-order valence-electron chi connectivity index (χ2n) is 8.98. The van der Waals surface area contributed by atoms with Gasteiger partial charge in [0.2, 0.25) is 0 Å². The number of aromatic nitrogens is 3. The lowest BCUT2D eigenvalue weighted by atomic mass is 9.90. The Labute approximate surface area is 226 Å². The summed E-state index contributed by atoms with van der Waals surface area (Å²) in [7, 11) is 1.54. The fraction of sp³-hybridized carbons (Fsp3) is 0.241. The number of carbonyl (C=O) groups is 1. The molecular formula is C29H32N6O4. The first kappa shape index (κ1) is 27.2. The summed E-state index contributed by atoms with van der Waals surface area (Å²) in [5.41, 5.74) is 9.34. The number of aromatic amines is 1. The Hall–Kier alpha value is -4.86. The van der Waals surface area contributed by atoms with Crippen molar-refractivity contribution in [3.63, 3.8) is 0 Å². The summed E-state index contributed by atoms with van der Waals surface area (Å²) in [5.74, 6) is 0.795. The molecule has 0 spiro atoms. The zero-order valence-corrected chi connectivity index (χ0v) is 22.2. The summed E-state index contributed by atoms with van der Waals surface area (Å²) in [6, 6.07) is 20.4.